The van der Waals surface area contributed by atoms with Crippen molar-refractivity contribution in [1.82, 2.24) is 5.32 Å². The summed E-state index contributed by atoms with van der Waals surface area (Å²) in [5.74, 6) is 0.185. The maximum absolute atomic E-state index is 10.3. The largest absolute Gasteiger partial charge is 0.352 e. The zero-order chi connectivity index (χ0) is 6.69. The van der Waals surface area contributed by atoms with Crippen LogP contribution in [0.4, 0.5) is 0 Å². The molecule has 50 valence electrons. The van der Waals surface area contributed by atoms with Gasteiger partial charge in [-0.3, -0.25) is 4.79 Å². The number of allylic oxidation sites excluding steroid dienone is 1. The monoisotopic (exact) mass is 125 g/mol. The van der Waals surface area contributed by atoms with Crippen molar-refractivity contribution in [2.75, 3.05) is 0 Å². The van der Waals surface area contributed by atoms with E-state index in [0.717, 1.165) is 6.42 Å². The second-order valence-corrected chi connectivity index (χ2v) is 2.27. The topological polar surface area (TPSA) is 29.1 Å². The van der Waals surface area contributed by atoms with Crippen LogP contribution in [0, 0.1) is 0 Å². The average Bonchev–Trinajstić information content (AvgIpc) is 1.78. The third-order valence-electron chi connectivity index (χ3n) is 1.45. The highest BCUT2D eigenvalue weighted by molar-refractivity contribution is 5.82. The number of nitrogens with one attached hydrogen (secondary N) is 1. The number of amides is 1. The molecule has 0 spiro atoms. The van der Waals surface area contributed by atoms with Crippen molar-refractivity contribution in [1.29, 1.82) is 0 Å². The van der Waals surface area contributed by atoms with Gasteiger partial charge in [-0.15, -0.1) is 0 Å². The van der Waals surface area contributed by atoms with Gasteiger partial charge in [-0.2, -0.15) is 0 Å². The Bertz CT molecular complexity index is 132. The van der Waals surface area contributed by atoms with Gasteiger partial charge in [0.1, 0.15) is 0 Å². The number of carbonyl (C=O) groups excluding carboxylic acids is 1. The molecule has 1 saturated heterocycles. The van der Waals surface area contributed by atoms with Crippen LogP contribution in [0.5, 0.6) is 0 Å². The van der Waals surface area contributed by atoms with Crippen LogP contribution in [0.15, 0.2) is 12.2 Å². The third-order valence-corrected chi connectivity index (χ3v) is 1.45. The van der Waals surface area contributed by atoms with E-state index in [9.17, 15) is 4.79 Å². The van der Waals surface area contributed by atoms with Gasteiger partial charge in [-0.05, 0) is 13.3 Å². The van der Waals surface area contributed by atoms with E-state index in [2.05, 4.69) is 11.4 Å². The SMILES string of the molecule is C/C=C/C[C@H]1CC(=O)N1. The molecular weight excluding hydrogens is 114 g/mol. The fourth-order valence-corrected chi connectivity index (χ4v) is 0.873. The van der Waals surface area contributed by atoms with E-state index in [1.54, 1.807) is 0 Å². The molecule has 1 N–H and O–H groups in total. The summed E-state index contributed by atoms with van der Waals surface area (Å²) in [6, 6.07) is 0.425. The average molecular weight is 125 g/mol. The number of hydrogen-bond acceptors (Lipinski definition) is 1. The molecule has 0 saturated carbocycles. The maximum atomic E-state index is 10.3. The first-order chi connectivity index (χ1) is 4.33. The smallest absolute Gasteiger partial charge is 0.222 e. The van der Waals surface area contributed by atoms with E-state index >= 15 is 0 Å². The molecule has 9 heavy (non-hydrogen) atoms. The molecule has 1 aliphatic heterocycles. The second-order valence-electron chi connectivity index (χ2n) is 2.27. The summed E-state index contributed by atoms with van der Waals surface area (Å²) in [7, 11) is 0. The minimum Gasteiger partial charge on any atom is -0.352 e. The summed E-state index contributed by atoms with van der Waals surface area (Å²) in [6.07, 6.45) is 5.78. The van der Waals surface area contributed by atoms with Crippen LogP contribution in [0.1, 0.15) is 19.8 Å². The van der Waals surface area contributed by atoms with Crippen molar-refractivity contribution < 1.29 is 4.79 Å². The Morgan fingerprint density at radius 1 is 1.89 bits per heavy atom. The van der Waals surface area contributed by atoms with Crippen LogP contribution in [-0.4, -0.2) is 11.9 Å². The summed E-state index contributed by atoms with van der Waals surface area (Å²) in [4.78, 5) is 10.3. The van der Waals surface area contributed by atoms with Crippen molar-refractivity contribution in [3.63, 3.8) is 0 Å². The summed E-state index contributed by atoms with van der Waals surface area (Å²) >= 11 is 0. The van der Waals surface area contributed by atoms with Gasteiger partial charge in [-0.1, -0.05) is 12.2 Å². The highest BCUT2D eigenvalue weighted by atomic mass is 16.2. The van der Waals surface area contributed by atoms with E-state index < -0.39 is 0 Å². The van der Waals surface area contributed by atoms with E-state index in [-0.39, 0.29) is 5.91 Å². The van der Waals surface area contributed by atoms with Crippen LogP contribution in [0.2, 0.25) is 0 Å². The van der Waals surface area contributed by atoms with Crippen molar-refractivity contribution in [3.8, 4) is 0 Å². The fourth-order valence-electron chi connectivity index (χ4n) is 0.873. The lowest BCUT2D eigenvalue weighted by Gasteiger charge is -2.25. The quantitative estimate of drug-likeness (QED) is 0.430. The molecule has 2 heteroatoms. The first-order valence-corrected chi connectivity index (χ1v) is 3.23. The lowest BCUT2D eigenvalue weighted by Crippen LogP contribution is -2.47. The Morgan fingerprint density at radius 2 is 2.56 bits per heavy atom. The molecule has 0 bridgehead atoms. The van der Waals surface area contributed by atoms with Crippen molar-refractivity contribution in [2.45, 2.75) is 25.8 Å². The van der Waals surface area contributed by atoms with Crippen LogP contribution in [0.25, 0.3) is 0 Å². The zero-order valence-electron chi connectivity index (χ0n) is 5.55. The summed E-state index contributed by atoms with van der Waals surface area (Å²) < 4.78 is 0. The van der Waals surface area contributed by atoms with Crippen molar-refractivity contribution in [3.05, 3.63) is 12.2 Å². The number of β-lactam (4-membered cyclic amide) rings is 1. The standard InChI is InChI=1S/C7H11NO/c1-2-3-4-6-5-7(9)8-6/h2-3,6H,4-5H2,1H3,(H,8,9)/b3-2+/t6-/m0/s1. The Balaban J connectivity index is 2.10. The van der Waals surface area contributed by atoms with E-state index in [1.165, 1.54) is 0 Å². The van der Waals surface area contributed by atoms with Gasteiger partial charge in [0.05, 0.1) is 0 Å². The van der Waals surface area contributed by atoms with Crippen molar-refractivity contribution in [2.24, 2.45) is 0 Å². The Hall–Kier alpha value is -0.790. The maximum Gasteiger partial charge on any atom is 0.222 e. The Morgan fingerprint density at radius 3 is 3.00 bits per heavy atom. The van der Waals surface area contributed by atoms with Crippen LogP contribution in [-0.2, 0) is 4.79 Å². The molecule has 0 aliphatic carbocycles. The molecule has 0 aromatic heterocycles. The fraction of sp³-hybridized carbons (Fsp3) is 0.571. The first-order valence-electron chi connectivity index (χ1n) is 3.23. The lowest BCUT2D eigenvalue weighted by atomic mass is 10.0. The minimum absolute atomic E-state index is 0.185. The van der Waals surface area contributed by atoms with Gasteiger partial charge in [0.25, 0.3) is 0 Å². The summed E-state index contributed by atoms with van der Waals surface area (Å²) in [6.45, 7) is 1.99. The van der Waals surface area contributed by atoms with Crippen molar-refractivity contribution >= 4 is 5.91 Å². The normalized spacial score (nSPS) is 25.9. The molecule has 0 aromatic rings. The molecule has 1 heterocycles. The molecule has 2 nitrogen and oxygen atoms in total. The van der Waals surface area contributed by atoms with E-state index in [0.29, 0.717) is 12.5 Å². The molecule has 1 aliphatic rings. The van der Waals surface area contributed by atoms with Gasteiger partial charge in [0.15, 0.2) is 0 Å². The lowest BCUT2D eigenvalue weighted by molar-refractivity contribution is -0.128. The summed E-state index contributed by atoms with van der Waals surface area (Å²) in [5, 5.41) is 2.79. The highest BCUT2D eigenvalue weighted by Gasteiger charge is 2.22. The number of hydrogen-bond donors (Lipinski definition) is 1. The minimum atomic E-state index is 0.185. The highest BCUT2D eigenvalue weighted by Crippen LogP contribution is 2.07. The summed E-state index contributed by atoms with van der Waals surface area (Å²) in [5.41, 5.74) is 0. The Kier molecular flexibility index (Phi) is 1.88. The van der Waals surface area contributed by atoms with E-state index in [1.807, 2.05) is 13.0 Å². The van der Waals surface area contributed by atoms with Crippen LogP contribution < -0.4 is 5.32 Å². The van der Waals surface area contributed by atoms with E-state index in [4.69, 9.17) is 0 Å². The third kappa shape index (κ3) is 1.56. The van der Waals surface area contributed by atoms with Gasteiger partial charge >= 0.3 is 0 Å². The molecule has 1 amide bonds. The molecule has 1 atom stereocenters. The first kappa shape index (κ1) is 6.33. The van der Waals surface area contributed by atoms with Gasteiger partial charge in [-0.25, -0.2) is 0 Å². The molecule has 0 aromatic carbocycles. The van der Waals surface area contributed by atoms with Gasteiger partial charge in [0, 0.05) is 12.5 Å². The molecule has 0 unspecified atom stereocenters. The number of carbonyl (C=O) groups is 1. The molecular formula is C7H11NO. The predicted octanol–water partition coefficient (Wildman–Crippen LogP) is 0.841. The van der Waals surface area contributed by atoms with Crippen LogP contribution in [0.3, 0.4) is 0 Å². The molecule has 1 fully saturated rings. The van der Waals surface area contributed by atoms with Crippen LogP contribution >= 0.6 is 0 Å². The predicted molar refractivity (Wildman–Crippen MR) is 36.0 cm³/mol. The molecule has 0 radical (unpaired) electrons. The molecule has 1 rings (SSSR count). The van der Waals surface area contributed by atoms with Gasteiger partial charge in [0.2, 0.25) is 5.91 Å². The zero-order valence-corrected chi connectivity index (χ0v) is 5.55. The Labute approximate surface area is 54.9 Å². The number of rotatable bonds is 2. The van der Waals surface area contributed by atoms with Gasteiger partial charge < -0.3 is 5.32 Å². The second kappa shape index (κ2) is 2.67.